The zero-order valence-corrected chi connectivity index (χ0v) is 14.6. The molecule has 0 unspecified atom stereocenters. The van der Waals surface area contributed by atoms with Crippen molar-refractivity contribution in [2.75, 3.05) is 13.7 Å². The molecule has 1 fully saturated rings. The molecular formula is C18H21NO8. The fraction of sp³-hybridized carbons (Fsp3) is 0.444. The summed E-state index contributed by atoms with van der Waals surface area (Å²) in [5.41, 5.74) is 1.11. The van der Waals surface area contributed by atoms with Crippen LogP contribution in [0, 0.1) is 0 Å². The number of pyridine rings is 1. The number of rotatable bonds is 6. The van der Waals surface area contributed by atoms with Gasteiger partial charge < -0.3 is 34.6 Å². The van der Waals surface area contributed by atoms with Crippen molar-refractivity contribution in [1.29, 1.82) is 0 Å². The summed E-state index contributed by atoms with van der Waals surface area (Å²) in [4.78, 5) is 15.5. The second kappa shape index (κ2) is 8.26. The predicted molar refractivity (Wildman–Crippen MR) is 92.0 cm³/mol. The number of ether oxygens (including phenoxy) is 3. The summed E-state index contributed by atoms with van der Waals surface area (Å²) in [6, 6.07) is 8.10. The Hall–Kier alpha value is -2.14. The Kier molecular flexibility index (Phi) is 6.00. The van der Waals surface area contributed by atoms with Crippen molar-refractivity contribution < 1.29 is 39.4 Å². The molecule has 1 aliphatic heterocycles. The first-order chi connectivity index (χ1) is 12.9. The number of aliphatic hydroxyl groups excluding tert-OH is 3. The lowest BCUT2D eigenvalue weighted by Gasteiger charge is -2.41. The number of hydrogen-bond acceptors (Lipinski definition) is 8. The third kappa shape index (κ3) is 4.08. The maximum absolute atomic E-state index is 11.1. The van der Waals surface area contributed by atoms with Crippen LogP contribution in [-0.4, -0.2) is 75.8 Å². The highest BCUT2D eigenvalue weighted by atomic mass is 16.7. The van der Waals surface area contributed by atoms with Crippen LogP contribution in [0.5, 0.6) is 0 Å². The summed E-state index contributed by atoms with van der Waals surface area (Å²) >= 11 is 0. The summed E-state index contributed by atoms with van der Waals surface area (Å²) in [5.74, 6) is -1.05. The van der Waals surface area contributed by atoms with E-state index in [1.54, 1.807) is 18.2 Å². The summed E-state index contributed by atoms with van der Waals surface area (Å²) in [5, 5.41) is 39.7. The van der Waals surface area contributed by atoms with Crippen molar-refractivity contribution in [1.82, 2.24) is 4.98 Å². The standard InChI is InChI=1S/C18H21NO8/c1-25-18-15(22)16(14(21)13(7-20)27-18)26-8-11-5-4-9-2-3-10(17(23)24)6-12(9)19-11/h2-6,13-16,18,20-22H,7-8H2,1H3,(H,23,24)/t13-,14+,15-,16+,18-/m1/s1. The van der Waals surface area contributed by atoms with Gasteiger partial charge in [0.15, 0.2) is 6.29 Å². The highest BCUT2D eigenvalue weighted by Crippen LogP contribution is 2.25. The number of aromatic carboxylic acids is 1. The normalized spacial score (nSPS) is 28.4. The number of carboxylic acids is 1. The molecule has 9 nitrogen and oxygen atoms in total. The molecule has 1 aromatic carbocycles. The van der Waals surface area contributed by atoms with Crippen LogP contribution in [0.4, 0.5) is 0 Å². The van der Waals surface area contributed by atoms with Crippen molar-refractivity contribution in [3.8, 4) is 0 Å². The zero-order valence-electron chi connectivity index (χ0n) is 14.6. The molecular weight excluding hydrogens is 358 g/mol. The van der Waals surface area contributed by atoms with Gasteiger partial charge in [0.25, 0.3) is 0 Å². The molecule has 0 amide bonds. The van der Waals surface area contributed by atoms with E-state index in [1.807, 2.05) is 0 Å². The molecule has 5 atom stereocenters. The summed E-state index contributed by atoms with van der Waals surface area (Å²) < 4.78 is 15.9. The molecule has 3 rings (SSSR count). The fourth-order valence-electron chi connectivity index (χ4n) is 3.00. The van der Waals surface area contributed by atoms with Gasteiger partial charge in [-0.2, -0.15) is 0 Å². The number of aromatic nitrogens is 1. The van der Waals surface area contributed by atoms with Crippen LogP contribution in [0.25, 0.3) is 10.9 Å². The van der Waals surface area contributed by atoms with Crippen LogP contribution in [0.3, 0.4) is 0 Å². The maximum Gasteiger partial charge on any atom is 0.335 e. The van der Waals surface area contributed by atoms with Crippen molar-refractivity contribution >= 4 is 16.9 Å². The Bertz CT molecular complexity index is 797. The van der Waals surface area contributed by atoms with E-state index in [0.717, 1.165) is 5.39 Å². The second-order valence-corrected chi connectivity index (χ2v) is 6.23. The minimum atomic E-state index is -1.26. The van der Waals surface area contributed by atoms with E-state index in [2.05, 4.69) is 4.98 Å². The number of nitrogens with zero attached hydrogens (tertiary/aromatic N) is 1. The smallest absolute Gasteiger partial charge is 0.335 e. The van der Waals surface area contributed by atoms with Crippen molar-refractivity contribution in [3.05, 3.63) is 41.6 Å². The Balaban J connectivity index is 1.77. The summed E-state index contributed by atoms with van der Waals surface area (Å²) in [7, 11) is 1.34. The van der Waals surface area contributed by atoms with E-state index >= 15 is 0 Å². The first kappa shape index (κ1) is 19.6. The SMILES string of the molecule is CO[C@@H]1O[C@H](CO)[C@H](O)[C@H](OCc2ccc3ccc(C(=O)O)cc3n2)[C@H]1O. The molecule has 2 heterocycles. The van der Waals surface area contributed by atoms with Crippen LogP contribution in [0.1, 0.15) is 16.1 Å². The summed E-state index contributed by atoms with van der Waals surface area (Å²) in [6.07, 6.45) is -5.56. The number of carboxylic acid groups (broad SMARTS) is 1. The lowest BCUT2D eigenvalue weighted by Crippen LogP contribution is -2.59. The minimum absolute atomic E-state index is 0.0411. The van der Waals surface area contributed by atoms with Gasteiger partial charge in [0.05, 0.1) is 30.0 Å². The van der Waals surface area contributed by atoms with Crippen LogP contribution in [0.15, 0.2) is 30.3 Å². The van der Waals surface area contributed by atoms with Gasteiger partial charge in [0, 0.05) is 12.5 Å². The largest absolute Gasteiger partial charge is 0.478 e. The van der Waals surface area contributed by atoms with Gasteiger partial charge in [0.1, 0.15) is 24.4 Å². The molecule has 0 spiro atoms. The molecule has 0 saturated carbocycles. The molecule has 27 heavy (non-hydrogen) atoms. The molecule has 0 aliphatic carbocycles. The van der Waals surface area contributed by atoms with Gasteiger partial charge in [-0.1, -0.05) is 12.1 Å². The second-order valence-electron chi connectivity index (χ2n) is 6.23. The maximum atomic E-state index is 11.1. The number of benzene rings is 1. The van der Waals surface area contributed by atoms with Gasteiger partial charge in [-0.05, 0) is 18.2 Å². The minimum Gasteiger partial charge on any atom is -0.478 e. The van der Waals surface area contributed by atoms with E-state index in [-0.39, 0.29) is 12.2 Å². The quantitative estimate of drug-likeness (QED) is 0.542. The third-order valence-corrected chi connectivity index (χ3v) is 4.47. The number of aliphatic hydroxyl groups is 3. The predicted octanol–water partition coefficient (Wildman–Crippen LogP) is -0.0964. The Morgan fingerprint density at radius 3 is 2.63 bits per heavy atom. The van der Waals surface area contributed by atoms with Gasteiger partial charge in [0.2, 0.25) is 0 Å². The molecule has 1 aliphatic rings. The molecule has 146 valence electrons. The monoisotopic (exact) mass is 379 g/mol. The highest BCUT2D eigenvalue weighted by Gasteiger charge is 2.45. The Labute approximate surface area is 154 Å². The number of fused-ring (bicyclic) bond motifs is 1. The molecule has 2 aromatic rings. The first-order valence-corrected chi connectivity index (χ1v) is 8.34. The van der Waals surface area contributed by atoms with Crippen LogP contribution in [-0.2, 0) is 20.8 Å². The summed E-state index contributed by atoms with van der Waals surface area (Å²) in [6.45, 7) is -0.500. The van der Waals surface area contributed by atoms with Crippen LogP contribution < -0.4 is 0 Å². The average molecular weight is 379 g/mol. The topological polar surface area (TPSA) is 139 Å². The van der Waals surface area contributed by atoms with E-state index < -0.39 is 43.3 Å². The molecule has 9 heteroatoms. The lowest BCUT2D eigenvalue weighted by atomic mass is 9.99. The molecule has 0 bridgehead atoms. The molecule has 1 saturated heterocycles. The fourth-order valence-corrected chi connectivity index (χ4v) is 3.00. The molecule has 4 N–H and O–H groups in total. The van der Waals surface area contributed by atoms with Crippen molar-refractivity contribution in [2.24, 2.45) is 0 Å². The van der Waals surface area contributed by atoms with Crippen LogP contribution in [0.2, 0.25) is 0 Å². The number of hydrogen-bond donors (Lipinski definition) is 4. The zero-order chi connectivity index (χ0) is 19.6. The Morgan fingerprint density at radius 1 is 1.22 bits per heavy atom. The lowest BCUT2D eigenvalue weighted by molar-refractivity contribution is -0.303. The Morgan fingerprint density at radius 2 is 1.96 bits per heavy atom. The van der Waals surface area contributed by atoms with Crippen molar-refractivity contribution in [3.63, 3.8) is 0 Å². The first-order valence-electron chi connectivity index (χ1n) is 8.34. The van der Waals surface area contributed by atoms with E-state index in [4.69, 9.17) is 19.3 Å². The van der Waals surface area contributed by atoms with Gasteiger partial charge in [-0.15, -0.1) is 0 Å². The van der Waals surface area contributed by atoms with E-state index in [0.29, 0.717) is 11.2 Å². The third-order valence-electron chi connectivity index (χ3n) is 4.47. The van der Waals surface area contributed by atoms with E-state index in [9.17, 15) is 20.1 Å². The van der Waals surface area contributed by atoms with Gasteiger partial charge >= 0.3 is 5.97 Å². The average Bonchev–Trinajstić information content (AvgIpc) is 2.67. The number of methoxy groups -OCH3 is 1. The van der Waals surface area contributed by atoms with Crippen LogP contribution >= 0.6 is 0 Å². The number of carbonyl (C=O) groups is 1. The molecule has 0 radical (unpaired) electrons. The van der Waals surface area contributed by atoms with Gasteiger partial charge in [-0.25, -0.2) is 4.79 Å². The van der Waals surface area contributed by atoms with Crippen molar-refractivity contribution in [2.45, 2.75) is 37.3 Å². The highest BCUT2D eigenvalue weighted by molar-refractivity contribution is 5.93. The molecule has 1 aromatic heterocycles. The van der Waals surface area contributed by atoms with E-state index in [1.165, 1.54) is 19.2 Å². The van der Waals surface area contributed by atoms with Gasteiger partial charge in [-0.3, -0.25) is 4.98 Å².